The minimum atomic E-state index is -4.36. The third-order valence-electron chi connectivity index (χ3n) is 2.71. The Morgan fingerprint density at radius 2 is 1.88 bits per heavy atom. The molecule has 0 radical (unpaired) electrons. The molecule has 1 aliphatic rings. The van der Waals surface area contributed by atoms with Gasteiger partial charge in [0.25, 0.3) is 0 Å². The van der Waals surface area contributed by atoms with E-state index in [4.69, 9.17) is 4.74 Å². The van der Waals surface area contributed by atoms with Crippen molar-refractivity contribution in [1.29, 1.82) is 0 Å². The highest BCUT2D eigenvalue weighted by Gasteiger charge is 2.38. The van der Waals surface area contributed by atoms with Gasteiger partial charge in [-0.1, -0.05) is 12.1 Å². The fourth-order valence-corrected chi connectivity index (χ4v) is 1.69. The first kappa shape index (κ1) is 11.8. The number of alkyl carbamates (subject to hydrolysis) is 1. The van der Waals surface area contributed by atoms with Crippen molar-refractivity contribution in [1.82, 2.24) is 5.32 Å². The Labute approximate surface area is 95.6 Å². The van der Waals surface area contributed by atoms with E-state index in [9.17, 15) is 18.0 Å². The van der Waals surface area contributed by atoms with E-state index in [0.29, 0.717) is 5.56 Å². The quantitative estimate of drug-likeness (QED) is 0.826. The smallest absolute Gasteiger partial charge is 0.416 e. The van der Waals surface area contributed by atoms with Gasteiger partial charge in [-0.25, -0.2) is 4.79 Å². The first-order valence-corrected chi connectivity index (χ1v) is 4.96. The molecule has 1 saturated heterocycles. The van der Waals surface area contributed by atoms with Crippen molar-refractivity contribution in [3.8, 4) is 0 Å². The van der Waals surface area contributed by atoms with Crippen LogP contribution in [-0.4, -0.2) is 12.6 Å². The minimum absolute atomic E-state index is 0.247. The minimum Gasteiger partial charge on any atom is -0.436 e. The van der Waals surface area contributed by atoms with Gasteiger partial charge in [-0.05, 0) is 24.6 Å². The zero-order valence-electron chi connectivity index (χ0n) is 8.97. The van der Waals surface area contributed by atoms with Crippen molar-refractivity contribution >= 4 is 6.09 Å². The van der Waals surface area contributed by atoms with Crippen LogP contribution in [0.3, 0.4) is 0 Å². The summed E-state index contributed by atoms with van der Waals surface area (Å²) in [5.74, 6) is 0. The molecule has 1 atom stereocenters. The second-order valence-electron chi connectivity index (χ2n) is 4.05. The summed E-state index contributed by atoms with van der Waals surface area (Å²) in [4.78, 5) is 10.9. The third-order valence-corrected chi connectivity index (χ3v) is 2.71. The van der Waals surface area contributed by atoms with Gasteiger partial charge < -0.3 is 10.1 Å². The number of rotatable bonds is 1. The number of halogens is 3. The van der Waals surface area contributed by atoms with Crippen molar-refractivity contribution in [2.75, 3.05) is 6.54 Å². The number of carbonyl (C=O) groups is 1. The Hall–Kier alpha value is -1.72. The molecule has 1 fully saturated rings. The first-order chi connectivity index (χ1) is 7.81. The molecule has 0 aliphatic carbocycles. The van der Waals surface area contributed by atoms with Gasteiger partial charge in [-0.15, -0.1) is 0 Å². The maximum absolute atomic E-state index is 12.4. The molecule has 0 aromatic heterocycles. The van der Waals surface area contributed by atoms with Crippen LogP contribution >= 0.6 is 0 Å². The molecule has 1 aromatic rings. The number of benzene rings is 1. The van der Waals surface area contributed by atoms with Gasteiger partial charge in [0.1, 0.15) is 0 Å². The Kier molecular flexibility index (Phi) is 2.52. The van der Waals surface area contributed by atoms with E-state index in [1.165, 1.54) is 12.1 Å². The van der Waals surface area contributed by atoms with Crippen LogP contribution in [-0.2, 0) is 16.5 Å². The van der Waals surface area contributed by atoms with Crippen LogP contribution in [0.2, 0.25) is 0 Å². The second-order valence-corrected chi connectivity index (χ2v) is 4.05. The summed E-state index contributed by atoms with van der Waals surface area (Å²) in [6, 6.07) is 4.60. The van der Waals surface area contributed by atoms with Crippen LogP contribution in [0.4, 0.5) is 18.0 Å². The number of ether oxygens (including phenoxy) is 1. The molecular weight excluding hydrogens is 235 g/mol. The fourth-order valence-electron chi connectivity index (χ4n) is 1.69. The molecule has 1 aliphatic heterocycles. The van der Waals surface area contributed by atoms with Crippen LogP contribution in [0.25, 0.3) is 0 Å². The largest absolute Gasteiger partial charge is 0.436 e. The van der Waals surface area contributed by atoms with Crippen molar-refractivity contribution in [3.05, 3.63) is 35.4 Å². The van der Waals surface area contributed by atoms with Gasteiger partial charge in [0.15, 0.2) is 5.60 Å². The zero-order valence-corrected chi connectivity index (χ0v) is 8.97. The molecule has 17 heavy (non-hydrogen) atoms. The van der Waals surface area contributed by atoms with Gasteiger partial charge in [0, 0.05) is 0 Å². The average Bonchev–Trinajstić information content (AvgIpc) is 2.59. The molecule has 1 N–H and O–H groups in total. The van der Waals surface area contributed by atoms with Crippen LogP contribution < -0.4 is 5.32 Å². The van der Waals surface area contributed by atoms with E-state index < -0.39 is 23.4 Å². The maximum Gasteiger partial charge on any atom is 0.416 e. The normalized spacial score (nSPS) is 24.4. The third kappa shape index (κ3) is 2.20. The van der Waals surface area contributed by atoms with Crippen LogP contribution in [0.5, 0.6) is 0 Å². The highest BCUT2D eigenvalue weighted by molar-refractivity contribution is 5.70. The lowest BCUT2D eigenvalue weighted by molar-refractivity contribution is -0.137. The van der Waals surface area contributed by atoms with Crippen molar-refractivity contribution < 1.29 is 22.7 Å². The monoisotopic (exact) mass is 245 g/mol. The molecule has 3 nitrogen and oxygen atoms in total. The van der Waals surface area contributed by atoms with Gasteiger partial charge in [-0.2, -0.15) is 13.2 Å². The number of cyclic esters (lactones) is 1. The average molecular weight is 245 g/mol. The predicted molar refractivity (Wildman–Crippen MR) is 53.3 cm³/mol. The number of alkyl halides is 3. The molecule has 6 heteroatoms. The summed E-state index contributed by atoms with van der Waals surface area (Å²) in [7, 11) is 0. The Morgan fingerprint density at radius 3 is 2.29 bits per heavy atom. The van der Waals surface area contributed by atoms with Gasteiger partial charge in [-0.3, -0.25) is 0 Å². The summed E-state index contributed by atoms with van der Waals surface area (Å²) in [6.45, 7) is 1.89. The second kappa shape index (κ2) is 3.65. The Morgan fingerprint density at radius 1 is 1.29 bits per heavy atom. The number of carbonyl (C=O) groups excluding carboxylic acids is 1. The highest BCUT2D eigenvalue weighted by atomic mass is 19.4. The molecule has 2 rings (SSSR count). The van der Waals surface area contributed by atoms with Crippen molar-refractivity contribution in [2.24, 2.45) is 0 Å². The summed E-state index contributed by atoms with van der Waals surface area (Å²) in [6.07, 6.45) is -4.92. The Bertz CT molecular complexity index is 441. The zero-order chi connectivity index (χ0) is 12.7. The van der Waals surface area contributed by atoms with E-state index in [1.54, 1.807) is 6.92 Å². The molecule has 1 amide bonds. The molecule has 92 valence electrons. The topological polar surface area (TPSA) is 38.3 Å². The van der Waals surface area contributed by atoms with E-state index in [0.717, 1.165) is 12.1 Å². The summed E-state index contributed by atoms with van der Waals surface area (Å²) < 4.78 is 42.1. The molecule has 0 spiro atoms. The molecular formula is C11H10F3NO2. The molecule has 1 aromatic carbocycles. The van der Waals surface area contributed by atoms with Gasteiger partial charge in [0.05, 0.1) is 12.1 Å². The number of hydrogen-bond acceptors (Lipinski definition) is 2. The number of amides is 1. The highest BCUT2D eigenvalue weighted by Crippen LogP contribution is 2.33. The fraction of sp³-hybridized carbons (Fsp3) is 0.364. The maximum atomic E-state index is 12.4. The summed E-state index contributed by atoms with van der Waals surface area (Å²) in [5, 5.41) is 2.47. The van der Waals surface area contributed by atoms with Gasteiger partial charge >= 0.3 is 12.3 Å². The van der Waals surface area contributed by atoms with Crippen molar-refractivity contribution in [3.63, 3.8) is 0 Å². The summed E-state index contributed by atoms with van der Waals surface area (Å²) >= 11 is 0. The molecule has 1 unspecified atom stereocenters. The predicted octanol–water partition coefficient (Wildman–Crippen LogP) is 2.66. The lowest BCUT2D eigenvalue weighted by Crippen LogP contribution is -2.26. The first-order valence-electron chi connectivity index (χ1n) is 4.96. The van der Waals surface area contributed by atoms with Crippen molar-refractivity contribution in [2.45, 2.75) is 18.7 Å². The Balaban J connectivity index is 2.27. The lowest BCUT2D eigenvalue weighted by Gasteiger charge is -2.21. The van der Waals surface area contributed by atoms with Crippen LogP contribution in [0.1, 0.15) is 18.1 Å². The lowest BCUT2D eigenvalue weighted by atomic mass is 9.95. The van der Waals surface area contributed by atoms with E-state index in [1.807, 2.05) is 0 Å². The van der Waals surface area contributed by atoms with Gasteiger partial charge in [0.2, 0.25) is 0 Å². The molecule has 0 bridgehead atoms. The van der Waals surface area contributed by atoms with E-state index in [2.05, 4.69) is 5.32 Å². The SMILES string of the molecule is CC1(c2ccc(C(F)(F)F)cc2)CNC(=O)O1. The number of nitrogens with one attached hydrogen (secondary N) is 1. The molecule has 0 saturated carbocycles. The number of hydrogen-bond donors (Lipinski definition) is 1. The van der Waals surface area contributed by atoms with E-state index >= 15 is 0 Å². The summed E-state index contributed by atoms with van der Waals surface area (Å²) in [5.41, 5.74) is -1.09. The van der Waals surface area contributed by atoms with Crippen LogP contribution in [0, 0.1) is 0 Å². The standard InChI is InChI=1S/C11H10F3NO2/c1-10(6-15-9(16)17-10)7-2-4-8(5-3-7)11(12,13)14/h2-5H,6H2,1H3,(H,15,16). The van der Waals surface area contributed by atoms with E-state index in [-0.39, 0.29) is 6.54 Å². The molecule has 1 heterocycles. The van der Waals surface area contributed by atoms with Crippen LogP contribution in [0.15, 0.2) is 24.3 Å².